The molecule has 18 heavy (non-hydrogen) atoms. The van der Waals surface area contributed by atoms with Gasteiger partial charge in [-0.3, -0.25) is 0 Å². The summed E-state index contributed by atoms with van der Waals surface area (Å²) < 4.78 is 1.75. The number of hydrogen-bond donors (Lipinski definition) is 1. The van der Waals surface area contributed by atoms with Crippen LogP contribution in [0.25, 0.3) is 5.82 Å². The number of rotatable bonds is 4. The van der Waals surface area contributed by atoms with Gasteiger partial charge in [0.15, 0.2) is 11.6 Å². The Hall–Kier alpha value is -1.75. The zero-order valence-corrected chi connectivity index (χ0v) is 11.0. The lowest BCUT2D eigenvalue weighted by Crippen LogP contribution is -2.05. The smallest absolute Gasteiger partial charge is 0.155 e. The molecule has 2 heterocycles. The summed E-state index contributed by atoms with van der Waals surface area (Å²) in [5.74, 6) is 2.41. The van der Waals surface area contributed by atoms with Crippen LogP contribution in [-0.4, -0.2) is 24.9 Å². The third kappa shape index (κ3) is 2.41. The van der Waals surface area contributed by atoms with E-state index in [4.69, 9.17) is 0 Å². The summed E-state index contributed by atoms with van der Waals surface area (Å²) in [6.07, 6.45) is 2.78. The summed E-state index contributed by atoms with van der Waals surface area (Å²) in [6, 6.07) is 3.65. The summed E-state index contributed by atoms with van der Waals surface area (Å²) in [7, 11) is 0. The van der Waals surface area contributed by atoms with Crippen LogP contribution in [0.1, 0.15) is 44.1 Å². The quantitative estimate of drug-likeness (QED) is 0.894. The Balaban J connectivity index is 2.47. The molecule has 96 valence electrons. The number of aromatic nitrogens is 4. The molecule has 1 atom stereocenters. The van der Waals surface area contributed by atoms with E-state index >= 15 is 0 Å². The molecule has 2 aromatic rings. The first kappa shape index (κ1) is 12.7. The van der Waals surface area contributed by atoms with E-state index in [0.717, 1.165) is 30.1 Å². The van der Waals surface area contributed by atoms with Crippen LogP contribution < -0.4 is 0 Å². The molecule has 0 aliphatic carbocycles. The molecule has 0 bridgehead atoms. The van der Waals surface area contributed by atoms with Crippen molar-refractivity contribution in [2.45, 2.75) is 39.7 Å². The Morgan fingerprint density at radius 2 is 2.11 bits per heavy atom. The lowest BCUT2D eigenvalue weighted by atomic mass is 10.2. The average molecular weight is 246 g/mol. The number of hydrogen-bond acceptors (Lipinski definition) is 4. The van der Waals surface area contributed by atoms with Crippen LogP contribution >= 0.6 is 0 Å². The lowest BCUT2D eigenvalue weighted by Gasteiger charge is -2.07. The van der Waals surface area contributed by atoms with Gasteiger partial charge in [0.25, 0.3) is 0 Å². The highest BCUT2D eigenvalue weighted by atomic mass is 16.3. The molecular weight excluding hydrogens is 228 g/mol. The molecule has 0 aliphatic heterocycles. The normalized spacial score (nSPS) is 12.7. The van der Waals surface area contributed by atoms with Crippen LogP contribution in [0.2, 0.25) is 0 Å². The molecule has 0 unspecified atom stereocenters. The maximum atomic E-state index is 9.60. The summed E-state index contributed by atoms with van der Waals surface area (Å²) in [5.41, 5.74) is 0.829. The van der Waals surface area contributed by atoms with Crippen molar-refractivity contribution in [2.75, 3.05) is 0 Å². The summed E-state index contributed by atoms with van der Waals surface area (Å²) in [6.45, 7) is 5.80. The van der Waals surface area contributed by atoms with E-state index in [0.29, 0.717) is 5.82 Å². The molecule has 0 saturated carbocycles. The van der Waals surface area contributed by atoms with E-state index in [1.54, 1.807) is 23.9 Å². The molecule has 5 nitrogen and oxygen atoms in total. The van der Waals surface area contributed by atoms with Gasteiger partial charge < -0.3 is 5.11 Å². The molecule has 0 fully saturated rings. The van der Waals surface area contributed by atoms with Crippen molar-refractivity contribution in [1.29, 1.82) is 0 Å². The monoisotopic (exact) mass is 246 g/mol. The summed E-state index contributed by atoms with van der Waals surface area (Å²) in [4.78, 5) is 8.75. The number of aryl methyl sites for hydroxylation is 2. The molecule has 0 spiro atoms. The van der Waals surface area contributed by atoms with Crippen molar-refractivity contribution in [2.24, 2.45) is 0 Å². The van der Waals surface area contributed by atoms with Crippen LogP contribution in [0.4, 0.5) is 0 Å². The van der Waals surface area contributed by atoms with Gasteiger partial charge in [0.1, 0.15) is 5.82 Å². The Morgan fingerprint density at radius 1 is 1.33 bits per heavy atom. The molecule has 2 aromatic heterocycles. The first-order valence-electron chi connectivity index (χ1n) is 6.24. The number of aliphatic hydroxyl groups excluding tert-OH is 1. The van der Waals surface area contributed by atoms with Crippen LogP contribution in [0.15, 0.2) is 18.3 Å². The van der Waals surface area contributed by atoms with Crippen LogP contribution in [0.3, 0.4) is 0 Å². The number of nitrogens with zero attached hydrogens (tertiary/aromatic N) is 4. The highest BCUT2D eigenvalue weighted by molar-refractivity contribution is 5.29. The lowest BCUT2D eigenvalue weighted by molar-refractivity contribution is 0.199. The third-order valence-electron chi connectivity index (χ3n) is 2.82. The maximum Gasteiger partial charge on any atom is 0.155 e. The first-order valence-corrected chi connectivity index (χ1v) is 6.24. The zero-order chi connectivity index (χ0) is 13.1. The van der Waals surface area contributed by atoms with Gasteiger partial charge in [0.05, 0.1) is 6.10 Å². The van der Waals surface area contributed by atoms with E-state index < -0.39 is 6.10 Å². The SMILES string of the molecule is CCc1nc(CC)n(-c2cc([C@@H](C)O)ccn2)n1. The van der Waals surface area contributed by atoms with Gasteiger partial charge in [-0.15, -0.1) is 5.10 Å². The van der Waals surface area contributed by atoms with Crippen LogP contribution in [0.5, 0.6) is 0 Å². The van der Waals surface area contributed by atoms with Crippen molar-refractivity contribution in [3.8, 4) is 5.82 Å². The Morgan fingerprint density at radius 3 is 2.72 bits per heavy atom. The van der Waals surface area contributed by atoms with Gasteiger partial charge in [-0.1, -0.05) is 13.8 Å². The first-order chi connectivity index (χ1) is 8.65. The van der Waals surface area contributed by atoms with Gasteiger partial charge in [-0.05, 0) is 24.6 Å². The zero-order valence-electron chi connectivity index (χ0n) is 11.0. The van der Waals surface area contributed by atoms with Gasteiger partial charge >= 0.3 is 0 Å². The van der Waals surface area contributed by atoms with Gasteiger partial charge in [-0.25, -0.2) is 9.97 Å². The standard InChI is InChI=1S/C13H18N4O/c1-4-11-15-12(5-2)17(16-11)13-8-10(9(3)18)6-7-14-13/h6-9,18H,4-5H2,1-3H3/t9-/m1/s1. The minimum Gasteiger partial charge on any atom is -0.389 e. The fraction of sp³-hybridized carbons (Fsp3) is 0.462. The van der Waals surface area contributed by atoms with Crippen molar-refractivity contribution < 1.29 is 5.11 Å². The predicted octanol–water partition coefficient (Wildman–Crippen LogP) is 1.84. The maximum absolute atomic E-state index is 9.60. The minimum absolute atomic E-state index is 0.508. The number of aliphatic hydroxyl groups is 1. The highest BCUT2D eigenvalue weighted by Gasteiger charge is 2.11. The van der Waals surface area contributed by atoms with E-state index in [1.807, 2.05) is 19.9 Å². The molecule has 0 radical (unpaired) electrons. The third-order valence-corrected chi connectivity index (χ3v) is 2.82. The molecule has 0 aliphatic rings. The van der Waals surface area contributed by atoms with Crippen LogP contribution in [-0.2, 0) is 12.8 Å². The van der Waals surface area contributed by atoms with Gasteiger partial charge in [-0.2, -0.15) is 4.68 Å². The van der Waals surface area contributed by atoms with Crippen molar-refractivity contribution in [1.82, 2.24) is 19.7 Å². The summed E-state index contributed by atoms with van der Waals surface area (Å²) in [5, 5.41) is 14.0. The Labute approximate surface area is 107 Å². The topological polar surface area (TPSA) is 63.8 Å². The summed E-state index contributed by atoms with van der Waals surface area (Å²) >= 11 is 0. The average Bonchev–Trinajstić information content (AvgIpc) is 2.82. The predicted molar refractivity (Wildman–Crippen MR) is 68.5 cm³/mol. The molecular formula is C13H18N4O. The molecule has 0 saturated heterocycles. The fourth-order valence-corrected chi connectivity index (χ4v) is 1.76. The van der Waals surface area contributed by atoms with Crippen LogP contribution in [0, 0.1) is 0 Å². The second kappa shape index (κ2) is 5.27. The fourth-order valence-electron chi connectivity index (χ4n) is 1.76. The van der Waals surface area contributed by atoms with Crippen molar-refractivity contribution in [3.63, 3.8) is 0 Å². The highest BCUT2D eigenvalue weighted by Crippen LogP contribution is 2.15. The van der Waals surface area contributed by atoms with Crippen molar-refractivity contribution >= 4 is 0 Å². The van der Waals surface area contributed by atoms with E-state index in [9.17, 15) is 5.11 Å². The van der Waals surface area contributed by atoms with Crippen molar-refractivity contribution in [3.05, 3.63) is 35.5 Å². The minimum atomic E-state index is -0.508. The Kier molecular flexibility index (Phi) is 3.72. The molecule has 1 N–H and O–H groups in total. The molecule has 5 heteroatoms. The second-order valence-electron chi connectivity index (χ2n) is 4.19. The number of pyridine rings is 1. The largest absolute Gasteiger partial charge is 0.389 e. The second-order valence-corrected chi connectivity index (χ2v) is 4.19. The molecule has 0 aromatic carbocycles. The molecule has 2 rings (SSSR count). The Bertz CT molecular complexity index is 534. The van der Waals surface area contributed by atoms with E-state index in [-0.39, 0.29) is 0 Å². The van der Waals surface area contributed by atoms with Gasteiger partial charge in [0, 0.05) is 19.0 Å². The van der Waals surface area contributed by atoms with E-state index in [1.165, 1.54) is 0 Å². The van der Waals surface area contributed by atoms with E-state index in [2.05, 4.69) is 15.1 Å². The molecule has 0 amide bonds. The van der Waals surface area contributed by atoms with Gasteiger partial charge in [0.2, 0.25) is 0 Å².